The van der Waals surface area contributed by atoms with Gasteiger partial charge in [-0.1, -0.05) is 60.3 Å². The van der Waals surface area contributed by atoms with E-state index in [0.29, 0.717) is 6.61 Å². The Kier molecular flexibility index (Phi) is 8.54. The molecule has 0 unspecified atom stereocenters. The van der Waals surface area contributed by atoms with Crippen molar-refractivity contribution in [3.8, 4) is 17.2 Å². The minimum atomic E-state index is 0.520. The topological polar surface area (TPSA) is 74.1 Å². The van der Waals surface area contributed by atoms with E-state index in [2.05, 4.69) is 46.0 Å². The van der Waals surface area contributed by atoms with E-state index in [-0.39, 0.29) is 0 Å². The Morgan fingerprint density at radius 2 is 1.79 bits per heavy atom. The van der Waals surface area contributed by atoms with Gasteiger partial charge in [-0.3, -0.25) is 0 Å². The number of methoxy groups -OCH3 is 1. The standard InChI is InChI=1S/C26H29N5O2S/c1-20-9-6-7-10-22(20)19-33-24-14-13-21(17-25(24)32-2)18-27-15-8-16-34-26-28-29-30-31(26)23-11-4-3-5-12-23/h3-7,9-14,17,27H,8,15-16,18-19H2,1-2H3. The Morgan fingerprint density at radius 1 is 0.971 bits per heavy atom. The summed E-state index contributed by atoms with van der Waals surface area (Å²) in [6.45, 7) is 4.27. The summed E-state index contributed by atoms with van der Waals surface area (Å²) in [5.41, 5.74) is 4.51. The van der Waals surface area contributed by atoms with Crippen LogP contribution in [0.25, 0.3) is 5.69 Å². The van der Waals surface area contributed by atoms with Crippen LogP contribution in [0.5, 0.6) is 11.5 Å². The zero-order valence-electron chi connectivity index (χ0n) is 19.5. The van der Waals surface area contributed by atoms with Gasteiger partial charge in [0.15, 0.2) is 11.5 Å². The second kappa shape index (κ2) is 12.2. The zero-order valence-corrected chi connectivity index (χ0v) is 20.3. The molecule has 1 aromatic heterocycles. The third-order valence-corrected chi connectivity index (χ3v) is 6.38. The molecule has 0 spiro atoms. The molecule has 1 N–H and O–H groups in total. The van der Waals surface area contributed by atoms with Gasteiger partial charge in [-0.05, 0) is 71.3 Å². The van der Waals surface area contributed by atoms with E-state index in [1.807, 2.05) is 54.6 Å². The lowest BCUT2D eigenvalue weighted by atomic mass is 10.1. The molecule has 3 aromatic carbocycles. The Morgan fingerprint density at radius 3 is 2.62 bits per heavy atom. The van der Waals surface area contributed by atoms with Gasteiger partial charge in [0.1, 0.15) is 6.61 Å². The minimum absolute atomic E-state index is 0.520. The van der Waals surface area contributed by atoms with Crippen LogP contribution in [0.15, 0.2) is 78.0 Å². The molecule has 0 atom stereocenters. The maximum atomic E-state index is 6.02. The van der Waals surface area contributed by atoms with Crippen molar-refractivity contribution in [2.75, 3.05) is 19.4 Å². The monoisotopic (exact) mass is 475 g/mol. The highest BCUT2D eigenvalue weighted by Gasteiger charge is 2.09. The molecule has 7 nitrogen and oxygen atoms in total. The molecule has 0 saturated heterocycles. The predicted octanol–water partition coefficient (Wildman–Crippen LogP) is 4.83. The minimum Gasteiger partial charge on any atom is -0.493 e. The van der Waals surface area contributed by atoms with E-state index in [0.717, 1.165) is 53.2 Å². The normalized spacial score (nSPS) is 10.9. The van der Waals surface area contributed by atoms with Crippen molar-refractivity contribution in [1.29, 1.82) is 0 Å². The van der Waals surface area contributed by atoms with Crippen LogP contribution in [-0.2, 0) is 13.2 Å². The summed E-state index contributed by atoms with van der Waals surface area (Å²) in [7, 11) is 1.67. The Labute approximate surface area is 204 Å². The highest BCUT2D eigenvalue weighted by atomic mass is 32.2. The van der Waals surface area contributed by atoms with E-state index in [1.165, 1.54) is 11.1 Å². The number of aromatic nitrogens is 4. The first kappa shape index (κ1) is 23.8. The van der Waals surface area contributed by atoms with Crippen LogP contribution in [-0.4, -0.2) is 39.6 Å². The molecule has 0 radical (unpaired) electrons. The van der Waals surface area contributed by atoms with Crippen molar-refractivity contribution in [1.82, 2.24) is 25.5 Å². The van der Waals surface area contributed by atoms with Gasteiger partial charge in [0, 0.05) is 12.3 Å². The van der Waals surface area contributed by atoms with Gasteiger partial charge in [-0.25, -0.2) is 0 Å². The molecule has 1 heterocycles. The highest BCUT2D eigenvalue weighted by molar-refractivity contribution is 7.99. The van der Waals surface area contributed by atoms with Crippen molar-refractivity contribution in [2.24, 2.45) is 0 Å². The van der Waals surface area contributed by atoms with Gasteiger partial charge in [0.25, 0.3) is 0 Å². The van der Waals surface area contributed by atoms with E-state index in [1.54, 1.807) is 23.6 Å². The number of benzene rings is 3. The number of nitrogens with one attached hydrogen (secondary N) is 1. The fourth-order valence-electron chi connectivity index (χ4n) is 3.46. The zero-order chi connectivity index (χ0) is 23.6. The maximum Gasteiger partial charge on any atom is 0.214 e. The average Bonchev–Trinajstić information content (AvgIpc) is 3.35. The predicted molar refractivity (Wildman–Crippen MR) is 135 cm³/mol. The maximum absolute atomic E-state index is 6.02. The van der Waals surface area contributed by atoms with Crippen LogP contribution in [0.4, 0.5) is 0 Å². The quantitative estimate of drug-likeness (QED) is 0.232. The Bertz CT molecular complexity index is 1180. The van der Waals surface area contributed by atoms with Crippen molar-refractivity contribution in [2.45, 2.75) is 31.7 Å². The van der Waals surface area contributed by atoms with Crippen molar-refractivity contribution in [3.05, 3.63) is 89.5 Å². The number of aryl methyl sites for hydroxylation is 1. The van der Waals surface area contributed by atoms with Gasteiger partial charge < -0.3 is 14.8 Å². The second-order valence-corrected chi connectivity index (χ2v) is 8.85. The SMILES string of the molecule is COc1cc(CNCCCSc2nnnn2-c2ccccc2)ccc1OCc1ccccc1C. The summed E-state index contributed by atoms with van der Waals surface area (Å²) in [5, 5.41) is 16.4. The molecule has 0 fully saturated rings. The lowest BCUT2D eigenvalue weighted by molar-refractivity contribution is 0.283. The molecule has 34 heavy (non-hydrogen) atoms. The first-order chi connectivity index (χ1) is 16.7. The van der Waals surface area contributed by atoms with E-state index in [9.17, 15) is 0 Å². The molecular formula is C26H29N5O2S. The van der Waals surface area contributed by atoms with E-state index < -0.39 is 0 Å². The number of hydrogen-bond acceptors (Lipinski definition) is 7. The van der Waals surface area contributed by atoms with Gasteiger partial charge >= 0.3 is 0 Å². The first-order valence-corrected chi connectivity index (χ1v) is 12.2. The number of nitrogens with zero attached hydrogens (tertiary/aromatic N) is 4. The van der Waals surface area contributed by atoms with Crippen LogP contribution in [0.2, 0.25) is 0 Å². The van der Waals surface area contributed by atoms with Crippen molar-refractivity contribution >= 4 is 11.8 Å². The van der Waals surface area contributed by atoms with Crippen LogP contribution < -0.4 is 14.8 Å². The van der Waals surface area contributed by atoms with E-state index >= 15 is 0 Å². The lowest BCUT2D eigenvalue weighted by Gasteiger charge is -2.13. The molecular weight excluding hydrogens is 446 g/mol. The molecule has 0 saturated carbocycles. The molecule has 0 aliphatic carbocycles. The van der Waals surface area contributed by atoms with Crippen molar-refractivity contribution in [3.63, 3.8) is 0 Å². The smallest absolute Gasteiger partial charge is 0.214 e. The first-order valence-electron chi connectivity index (χ1n) is 11.3. The Hall–Kier alpha value is -3.36. The molecule has 0 aliphatic heterocycles. The van der Waals surface area contributed by atoms with E-state index in [4.69, 9.17) is 9.47 Å². The van der Waals surface area contributed by atoms with Crippen LogP contribution in [0.3, 0.4) is 0 Å². The third-order valence-electron chi connectivity index (χ3n) is 5.37. The van der Waals surface area contributed by atoms with Gasteiger partial charge in [-0.2, -0.15) is 4.68 Å². The number of ether oxygens (including phenoxy) is 2. The van der Waals surface area contributed by atoms with Crippen LogP contribution in [0, 0.1) is 6.92 Å². The summed E-state index contributed by atoms with van der Waals surface area (Å²) in [6.07, 6.45) is 1.00. The largest absolute Gasteiger partial charge is 0.493 e. The van der Waals surface area contributed by atoms with Gasteiger partial charge in [0.05, 0.1) is 12.8 Å². The number of tetrazole rings is 1. The molecule has 0 bridgehead atoms. The fourth-order valence-corrected chi connectivity index (χ4v) is 4.29. The third kappa shape index (κ3) is 6.36. The molecule has 0 amide bonds. The molecule has 0 aliphatic rings. The molecule has 4 aromatic rings. The van der Waals surface area contributed by atoms with Gasteiger partial charge in [0.2, 0.25) is 5.16 Å². The van der Waals surface area contributed by atoms with Gasteiger partial charge in [-0.15, -0.1) is 5.10 Å². The summed E-state index contributed by atoms with van der Waals surface area (Å²) in [6, 6.07) is 24.3. The summed E-state index contributed by atoms with van der Waals surface area (Å²) < 4.78 is 13.4. The number of hydrogen-bond donors (Lipinski definition) is 1. The van der Waals surface area contributed by atoms with Crippen molar-refractivity contribution < 1.29 is 9.47 Å². The summed E-state index contributed by atoms with van der Waals surface area (Å²) in [4.78, 5) is 0. The number of thioether (sulfide) groups is 1. The fraction of sp³-hybridized carbons (Fsp3) is 0.269. The summed E-state index contributed by atoms with van der Waals surface area (Å²) in [5.74, 6) is 2.42. The summed E-state index contributed by atoms with van der Waals surface area (Å²) >= 11 is 1.66. The number of rotatable bonds is 12. The molecule has 4 rings (SSSR count). The molecule has 176 valence electrons. The van der Waals surface area contributed by atoms with Crippen LogP contribution >= 0.6 is 11.8 Å². The Balaban J connectivity index is 1.21. The van der Waals surface area contributed by atoms with Crippen LogP contribution in [0.1, 0.15) is 23.1 Å². The lowest BCUT2D eigenvalue weighted by Crippen LogP contribution is -2.15. The molecule has 8 heteroatoms. The highest BCUT2D eigenvalue weighted by Crippen LogP contribution is 2.29. The second-order valence-electron chi connectivity index (χ2n) is 7.79. The average molecular weight is 476 g/mol. The number of para-hydroxylation sites is 1.